The molecule has 0 unspecified atom stereocenters. The normalized spacial score (nSPS) is 13.3. The van der Waals surface area contributed by atoms with Crippen LogP contribution in [0.1, 0.15) is 11.1 Å². The summed E-state index contributed by atoms with van der Waals surface area (Å²) in [6, 6.07) is 4.46. The first kappa shape index (κ1) is 25.8. The van der Waals surface area contributed by atoms with E-state index in [1.54, 1.807) is 6.92 Å². The maximum atomic E-state index is 14.5. The van der Waals surface area contributed by atoms with E-state index in [-0.39, 0.29) is 40.1 Å². The number of aryl methyl sites for hydroxylation is 1. The van der Waals surface area contributed by atoms with Crippen molar-refractivity contribution in [3.05, 3.63) is 63.5 Å². The van der Waals surface area contributed by atoms with Crippen molar-refractivity contribution in [3.63, 3.8) is 0 Å². The molecule has 196 valence electrons. The Morgan fingerprint density at radius 3 is 2.27 bits per heavy atom. The van der Waals surface area contributed by atoms with Crippen LogP contribution in [-0.4, -0.2) is 55.4 Å². The predicted octanol–water partition coefficient (Wildman–Crippen LogP) is 4.15. The monoisotopic (exact) mass is 517 g/mol. The van der Waals surface area contributed by atoms with Gasteiger partial charge in [0.1, 0.15) is 12.3 Å². The predicted molar refractivity (Wildman–Crippen MR) is 130 cm³/mol. The van der Waals surface area contributed by atoms with Gasteiger partial charge in [-0.3, -0.25) is 10.1 Å². The lowest BCUT2D eigenvalue weighted by molar-refractivity contribution is -0.383. The van der Waals surface area contributed by atoms with Crippen LogP contribution in [0.15, 0.2) is 30.6 Å². The number of halogens is 2. The molecule has 0 spiro atoms. The van der Waals surface area contributed by atoms with Crippen LogP contribution in [0.5, 0.6) is 17.2 Å². The van der Waals surface area contributed by atoms with Gasteiger partial charge >= 0.3 is 0 Å². The van der Waals surface area contributed by atoms with Crippen LogP contribution in [-0.2, 0) is 11.3 Å². The van der Waals surface area contributed by atoms with Crippen LogP contribution >= 0.6 is 0 Å². The van der Waals surface area contributed by atoms with E-state index < -0.39 is 23.2 Å². The van der Waals surface area contributed by atoms with Gasteiger partial charge in [0.2, 0.25) is 5.95 Å². The van der Waals surface area contributed by atoms with Gasteiger partial charge in [-0.1, -0.05) is 0 Å². The second-order valence-corrected chi connectivity index (χ2v) is 8.06. The standard InChI is InChI=1S/C24H25F2N5O6/c1-14-8-15(30-4-6-36-7-5-30)9-18(31(32)33)23(14)29-24-27-11-16(12-28-24)37-13-17-21(25)19(34-2)10-20(35-3)22(17)26/h8-12H,4-7,13H2,1-3H3,(H,27,28,29). The van der Waals surface area contributed by atoms with E-state index in [0.29, 0.717) is 31.9 Å². The van der Waals surface area contributed by atoms with E-state index >= 15 is 0 Å². The van der Waals surface area contributed by atoms with Crippen molar-refractivity contribution in [2.75, 3.05) is 50.7 Å². The van der Waals surface area contributed by atoms with Crippen LogP contribution in [0, 0.1) is 28.7 Å². The molecule has 1 aliphatic heterocycles. The molecule has 2 heterocycles. The third-order valence-electron chi connectivity index (χ3n) is 5.79. The molecule has 13 heteroatoms. The van der Waals surface area contributed by atoms with E-state index in [1.165, 1.54) is 32.7 Å². The molecule has 37 heavy (non-hydrogen) atoms. The largest absolute Gasteiger partial charge is 0.494 e. The molecule has 0 amide bonds. The Bertz CT molecular complexity index is 1260. The van der Waals surface area contributed by atoms with Crippen LogP contribution < -0.4 is 24.4 Å². The first-order valence-electron chi connectivity index (χ1n) is 11.2. The number of aromatic nitrogens is 2. The Labute approximate surface area is 211 Å². The second kappa shape index (κ2) is 11.2. The van der Waals surface area contributed by atoms with Gasteiger partial charge in [0.25, 0.3) is 5.69 Å². The number of anilines is 3. The highest BCUT2D eigenvalue weighted by atomic mass is 19.1. The average molecular weight is 517 g/mol. The van der Waals surface area contributed by atoms with E-state index in [9.17, 15) is 18.9 Å². The molecule has 0 aliphatic carbocycles. The maximum absolute atomic E-state index is 14.5. The minimum atomic E-state index is -0.914. The number of benzene rings is 2. The molecule has 11 nitrogen and oxygen atoms in total. The molecule has 1 aliphatic rings. The molecule has 1 saturated heterocycles. The smallest absolute Gasteiger partial charge is 0.295 e. The van der Waals surface area contributed by atoms with Gasteiger partial charge in [0.15, 0.2) is 28.9 Å². The van der Waals surface area contributed by atoms with Crippen LogP contribution in [0.3, 0.4) is 0 Å². The third-order valence-corrected chi connectivity index (χ3v) is 5.79. The van der Waals surface area contributed by atoms with Gasteiger partial charge in [0, 0.05) is 30.9 Å². The molecule has 0 bridgehead atoms. The lowest BCUT2D eigenvalue weighted by Gasteiger charge is -2.29. The molecule has 3 aromatic rings. The van der Waals surface area contributed by atoms with Gasteiger partial charge in [-0.15, -0.1) is 0 Å². The van der Waals surface area contributed by atoms with Gasteiger partial charge in [0.05, 0.1) is 50.3 Å². The number of hydrogen-bond acceptors (Lipinski definition) is 10. The second-order valence-electron chi connectivity index (χ2n) is 8.06. The molecular formula is C24H25F2N5O6. The topological polar surface area (TPSA) is 121 Å². The summed E-state index contributed by atoms with van der Waals surface area (Å²) >= 11 is 0. The van der Waals surface area contributed by atoms with Crippen molar-refractivity contribution in [1.29, 1.82) is 0 Å². The van der Waals surface area contributed by atoms with Gasteiger partial charge < -0.3 is 29.2 Å². The zero-order valence-electron chi connectivity index (χ0n) is 20.4. The zero-order valence-corrected chi connectivity index (χ0v) is 20.4. The van der Waals surface area contributed by atoms with E-state index in [2.05, 4.69) is 15.3 Å². The van der Waals surface area contributed by atoms with Crippen molar-refractivity contribution < 1.29 is 32.7 Å². The van der Waals surface area contributed by atoms with Gasteiger partial charge in [-0.2, -0.15) is 0 Å². The zero-order chi connectivity index (χ0) is 26.5. The van der Waals surface area contributed by atoms with Crippen LogP contribution in [0.25, 0.3) is 0 Å². The van der Waals surface area contributed by atoms with Crippen LogP contribution in [0.2, 0.25) is 0 Å². The van der Waals surface area contributed by atoms with E-state index in [0.717, 1.165) is 11.8 Å². The summed E-state index contributed by atoms with van der Waals surface area (Å²) in [4.78, 5) is 21.6. The van der Waals surface area contributed by atoms with Gasteiger partial charge in [-0.25, -0.2) is 18.7 Å². The molecule has 0 atom stereocenters. The number of morpholine rings is 1. The summed E-state index contributed by atoms with van der Waals surface area (Å²) < 4.78 is 49.7. The van der Waals surface area contributed by atoms with Crippen molar-refractivity contribution in [3.8, 4) is 17.2 Å². The fourth-order valence-electron chi connectivity index (χ4n) is 3.85. The lowest BCUT2D eigenvalue weighted by atomic mass is 10.1. The fraction of sp³-hybridized carbons (Fsp3) is 0.333. The van der Waals surface area contributed by atoms with Crippen molar-refractivity contribution in [2.24, 2.45) is 0 Å². The lowest BCUT2D eigenvalue weighted by Crippen LogP contribution is -2.36. The summed E-state index contributed by atoms with van der Waals surface area (Å²) in [6.45, 7) is 3.67. The third kappa shape index (κ3) is 5.61. The number of methoxy groups -OCH3 is 2. The number of hydrogen-bond donors (Lipinski definition) is 1. The highest BCUT2D eigenvalue weighted by molar-refractivity contribution is 5.75. The molecule has 0 saturated carbocycles. The number of nitrogens with one attached hydrogen (secondary N) is 1. The molecular weight excluding hydrogens is 492 g/mol. The Kier molecular flexibility index (Phi) is 7.82. The van der Waals surface area contributed by atoms with Gasteiger partial charge in [-0.05, 0) is 18.6 Å². The summed E-state index contributed by atoms with van der Waals surface area (Å²) in [6.07, 6.45) is 2.57. The van der Waals surface area contributed by atoms with Crippen molar-refractivity contribution >= 4 is 23.0 Å². The van der Waals surface area contributed by atoms with Crippen molar-refractivity contribution in [2.45, 2.75) is 13.5 Å². The molecule has 4 rings (SSSR count). The minimum Gasteiger partial charge on any atom is -0.494 e. The maximum Gasteiger partial charge on any atom is 0.295 e. The number of nitro groups is 1. The SMILES string of the molecule is COc1cc(OC)c(F)c(COc2cnc(Nc3c(C)cc(N4CCOCC4)cc3[N+](=O)[O-])nc2)c1F. The molecule has 1 fully saturated rings. The molecule has 2 aromatic carbocycles. The summed E-state index contributed by atoms with van der Waals surface area (Å²) in [5.41, 5.74) is 1.12. The van der Waals surface area contributed by atoms with E-state index in [4.69, 9.17) is 18.9 Å². The summed E-state index contributed by atoms with van der Waals surface area (Å²) in [7, 11) is 2.50. The number of ether oxygens (including phenoxy) is 4. The highest BCUT2D eigenvalue weighted by Gasteiger charge is 2.23. The molecule has 1 N–H and O–H groups in total. The highest BCUT2D eigenvalue weighted by Crippen LogP contribution is 2.35. The van der Waals surface area contributed by atoms with Crippen LogP contribution in [0.4, 0.5) is 31.8 Å². The Morgan fingerprint density at radius 1 is 1.08 bits per heavy atom. The number of nitrogens with zero attached hydrogens (tertiary/aromatic N) is 4. The molecule has 1 aromatic heterocycles. The number of rotatable bonds is 9. The average Bonchev–Trinajstić information content (AvgIpc) is 2.91. The van der Waals surface area contributed by atoms with E-state index in [1.807, 2.05) is 11.0 Å². The Balaban J connectivity index is 1.50. The first-order chi connectivity index (χ1) is 17.8. The van der Waals surface area contributed by atoms with Crippen molar-refractivity contribution in [1.82, 2.24) is 9.97 Å². The number of nitro benzene ring substituents is 1. The summed E-state index contributed by atoms with van der Waals surface area (Å²) in [5.74, 6) is -2.00. The fourth-order valence-corrected chi connectivity index (χ4v) is 3.85. The molecule has 0 radical (unpaired) electrons. The minimum absolute atomic E-state index is 0.0816. The summed E-state index contributed by atoms with van der Waals surface area (Å²) in [5, 5.41) is 14.7. The quantitative estimate of drug-likeness (QED) is 0.327. The Morgan fingerprint density at radius 2 is 1.70 bits per heavy atom. The first-order valence-corrected chi connectivity index (χ1v) is 11.2. The Hall–Kier alpha value is -4.26.